The zero-order chi connectivity index (χ0) is 31.8. The van der Waals surface area contributed by atoms with Crippen LogP contribution in [0.3, 0.4) is 0 Å². The number of pyridine rings is 1. The molecule has 7 nitrogen and oxygen atoms in total. The lowest BCUT2D eigenvalue weighted by Crippen LogP contribution is -2.55. The Morgan fingerprint density at radius 2 is 1.52 bits per heavy atom. The van der Waals surface area contributed by atoms with Crippen LogP contribution >= 0.6 is 11.6 Å². The Balaban J connectivity index is 1.28. The molecule has 0 spiro atoms. The van der Waals surface area contributed by atoms with Crippen molar-refractivity contribution < 1.29 is 9.32 Å². The van der Waals surface area contributed by atoms with Crippen molar-refractivity contribution in [2.24, 2.45) is 0 Å². The van der Waals surface area contributed by atoms with Crippen LogP contribution in [-0.4, -0.2) is 21.7 Å². The predicted octanol–water partition coefficient (Wildman–Crippen LogP) is 8.46. The summed E-state index contributed by atoms with van der Waals surface area (Å²) in [5, 5.41) is 9.32. The molecule has 1 saturated carbocycles. The van der Waals surface area contributed by atoms with Gasteiger partial charge in [-0.15, -0.1) is 0 Å². The van der Waals surface area contributed by atoms with E-state index in [0.29, 0.717) is 33.5 Å². The first-order valence-corrected chi connectivity index (χ1v) is 16.1. The second-order valence-electron chi connectivity index (χ2n) is 12.2. The van der Waals surface area contributed by atoms with Gasteiger partial charge >= 0.3 is 0 Å². The van der Waals surface area contributed by atoms with E-state index in [-0.39, 0.29) is 23.6 Å². The standard InChI is InChI=1S/C38H35ClN4O3/c1-25-33-35(41-46-25)34-31(39)22-13-23-32(34)42(36(33)44)30-21-12-16-27(24-30)40-37(45)38(2,26-14-6-3-7-15-26)43(28-17-8-4-9-18-28)29-19-10-5-11-20-29/h3-11,13-15,17-20,22-23,27,30H,12,16,21,24H2,1-2H3,(H,40,45). The molecule has 1 aliphatic rings. The number of fused-ring (bicyclic) bond motifs is 3. The summed E-state index contributed by atoms with van der Waals surface area (Å²) in [6.07, 6.45) is 3.07. The maximum absolute atomic E-state index is 14.8. The molecule has 1 aliphatic carbocycles. The van der Waals surface area contributed by atoms with Crippen molar-refractivity contribution in [1.29, 1.82) is 0 Å². The second kappa shape index (κ2) is 12.1. The molecule has 6 aromatic rings. The highest BCUT2D eigenvalue weighted by Gasteiger charge is 2.43. The van der Waals surface area contributed by atoms with Crippen LogP contribution in [0.1, 0.15) is 50.0 Å². The zero-order valence-electron chi connectivity index (χ0n) is 25.8. The number of aromatic nitrogens is 2. The van der Waals surface area contributed by atoms with Gasteiger partial charge in [0.1, 0.15) is 22.2 Å². The van der Waals surface area contributed by atoms with Crippen LogP contribution in [0, 0.1) is 6.92 Å². The minimum atomic E-state index is -1.09. The monoisotopic (exact) mass is 630 g/mol. The third-order valence-corrected chi connectivity index (χ3v) is 9.70. The Kier molecular flexibility index (Phi) is 7.87. The van der Waals surface area contributed by atoms with Crippen molar-refractivity contribution >= 4 is 50.7 Å². The lowest BCUT2D eigenvalue weighted by atomic mass is 9.85. The molecule has 0 saturated heterocycles. The van der Waals surface area contributed by atoms with Gasteiger partial charge in [0.2, 0.25) is 0 Å². The summed E-state index contributed by atoms with van der Waals surface area (Å²) in [5.41, 5.74) is 2.66. The molecular formula is C38H35ClN4O3. The Hall–Kier alpha value is -4.88. The van der Waals surface area contributed by atoms with Crippen LogP contribution in [0.5, 0.6) is 0 Å². The number of para-hydroxylation sites is 2. The van der Waals surface area contributed by atoms with Crippen molar-refractivity contribution in [3.05, 3.63) is 136 Å². The third-order valence-electron chi connectivity index (χ3n) is 9.38. The number of rotatable bonds is 7. The molecule has 0 bridgehead atoms. The molecule has 1 amide bonds. The molecule has 3 unspecified atom stereocenters. The molecule has 1 N–H and O–H groups in total. The minimum Gasteiger partial charge on any atom is -0.360 e. The summed E-state index contributed by atoms with van der Waals surface area (Å²) < 4.78 is 7.32. The number of anilines is 2. The number of carbonyl (C=O) groups is 1. The molecular weight excluding hydrogens is 596 g/mol. The summed E-state index contributed by atoms with van der Waals surface area (Å²) in [4.78, 5) is 31.0. The normalized spacial score (nSPS) is 17.9. The van der Waals surface area contributed by atoms with E-state index in [1.165, 1.54) is 0 Å². The highest BCUT2D eigenvalue weighted by Crippen LogP contribution is 2.41. The number of nitrogens with zero attached hydrogens (tertiary/aromatic N) is 3. The van der Waals surface area contributed by atoms with Crippen LogP contribution in [0.15, 0.2) is 119 Å². The Labute approximate surface area is 272 Å². The molecule has 232 valence electrons. The molecule has 8 heteroatoms. The van der Waals surface area contributed by atoms with E-state index >= 15 is 0 Å². The molecule has 1 fully saturated rings. The first-order chi connectivity index (χ1) is 22.4. The Bertz CT molecular complexity index is 2040. The zero-order valence-corrected chi connectivity index (χ0v) is 26.6. The van der Waals surface area contributed by atoms with Gasteiger partial charge in [-0.1, -0.05) is 89.6 Å². The van der Waals surface area contributed by atoms with Gasteiger partial charge in [0.15, 0.2) is 0 Å². The van der Waals surface area contributed by atoms with Gasteiger partial charge in [0.25, 0.3) is 11.5 Å². The van der Waals surface area contributed by atoms with Crippen LogP contribution in [0.25, 0.3) is 21.8 Å². The van der Waals surface area contributed by atoms with Crippen molar-refractivity contribution in [1.82, 2.24) is 15.0 Å². The fourth-order valence-electron chi connectivity index (χ4n) is 7.13. The van der Waals surface area contributed by atoms with E-state index in [2.05, 4.69) is 15.4 Å². The number of hydrogen-bond acceptors (Lipinski definition) is 5. The van der Waals surface area contributed by atoms with Crippen LogP contribution < -0.4 is 15.8 Å². The molecule has 46 heavy (non-hydrogen) atoms. The lowest BCUT2D eigenvalue weighted by Gasteiger charge is -2.43. The second-order valence-corrected chi connectivity index (χ2v) is 12.6. The maximum atomic E-state index is 14.8. The van der Waals surface area contributed by atoms with Gasteiger partial charge in [-0.2, -0.15) is 0 Å². The Morgan fingerprint density at radius 3 is 2.17 bits per heavy atom. The summed E-state index contributed by atoms with van der Waals surface area (Å²) in [7, 11) is 0. The maximum Gasteiger partial charge on any atom is 0.264 e. The van der Waals surface area contributed by atoms with E-state index in [4.69, 9.17) is 16.1 Å². The number of hydrogen-bond donors (Lipinski definition) is 1. The molecule has 7 rings (SSSR count). The smallest absolute Gasteiger partial charge is 0.264 e. The first-order valence-electron chi connectivity index (χ1n) is 15.7. The Morgan fingerprint density at radius 1 is 0.891 bits per heavy atom. The summed E-state index contributed by atoms with van der Waals surface area (Å²) in [6, 6.07) is 35.2. The minimum absolute atomic E-state index is 0.109. The molecule has 3 atom stereocenters. The number of nitrogens with one attached hydrogen (secondary N) is 1. The van der Waals surface area contributed by atoms with Crippen LogP contribution in [0.4, 0.5) is 11.4 Å². The van der Waals surface area contributed by atoms with E-state index in [1.807, 2.05) is 121 Å². The van der Waals surface area contributed by atoms with E-state index in [9.17, 15) is 9.59 Å². The topological polar surface area (TPSA) is 80.4 Å². The fraction of sp³-hybridized carbons (Fsp3) is 0.237. The fourth-order valence-corrected chi connectivity index (χ4v) is 7.39. The molecule has 2 heterocycles. The summed E-state index contributed by atoms with van der Waals surface area (Å²) >= 11 is 6.69. The summed E-state index contributed by atoms with van der Waals surface area (Å²) in [6.45, 7) is 3.74. The molecule has 2 aromatic heterocycles. The van der Waals surface area contributed by atoms with E-state index in [0.717, 1.165) is 41.7 Å². The SMILES string of the molecule is Cc1onc2c1c(=O)n(C1CCCC(NC(=O)C(C)(c3ccccc3)N(c3ccccc3)c3ccccc3)C1)c1cccc(Cl)c21. The van der Waals surface area contributed by atoms with E-state index < -0.39 is 5.54 Å². The third kappa shape index (κ3) is 5.05. The van der Waals surface area contributed by atoms with Crippen molar-refractivity contribution in [3.8, 4) is 0 Å². The van der Waals surface area contributed by atoms with Crippen molar-refractivity contribution in [3.63, 3.8) is 0 Å². The summed E-state index contributed by atoms with van der Waals surface area (Å²) in [5.74, 6) is 0.361. The number of benzene rings is 4. The average molecular weight is 631 g/mol. The molecule has 0 radical (unpaired) electrons. The largest absolute Gasteiger partial charge is 0.360 e. The first kappa shape index (κ1) is 29.8. The number of halogens is 1. The van der Waals surface area contributed by atoms with Crippen molar-refractivity contribution in [2.45, 2.75) is 57.2 Å². The van der Waals surface area contributed by atoms with Crippen molar-refractivity contribution in [2.75, 3.05) is 4.90 Å². The van der Waals surface area contributed by atoms with Gasteiger partial charge in [-0.3, -0.25) is 9.59 Å². The number of aryl methyl sites for hydroxylation is 1. The average Bonchev–Trinajstić information content (AvgIpc) is 3.48. The van der Waals surface area contributed by atoms with E-state index in [1.54, 1.807) is 6.92 Å². The quantitative estimate of drug-likeness (QED) is 0.191. The van der Waals surface area contributed by atoms with Gasteiger partial charge < -0.3 is 19.3 Å². The van der Waals surface area contributed by atoms with Gasteiger partial charge in [-0.05, 0) is 81.5 Å². The number of amides is 1. The highest BCUT2D eigenvalue weighted by atomic mass is 35.5. The lowest BCUT2D eigenvalue weighted by molar-refractivity contribution is -0.127. The van der Waals surface area contributed by atoms with Crippen LogP contribution in [-0.2, 0) is 10.3 Å². The van der Waals surface area contributed by atoms with Gasteiger partial charge in [0, 0.05) is 28.8 Å². The number of carbonyl (C=O) groups excluding carboxylic acids is 1. The molecule has 0 aliphatic heterocycles. The van der Waals surface area contributed by atoms with Gasteiger partial charge in [0.05, 0.1) is 10.5 Å². The highest BCUT2D eigenvalue weighted by molar-refractivity contribution is 6.37. The van der Waals surface area contributed by atoms with Crippen LogP contribution in [0.2, 0.25) is 5.02 Å². The predicted molar refractivity (Wildman–Crippen MR) is 184 cm³/mol. The van der Waals surface area contributed by atoms with Gasteiger partial charge in [-0.25, -0.2) is 0 Å². The molecule has 4 aromatic carbocycles.